The van der Waals surface area contributed by atoms with E-state index in [-0.39, 0.29) is 16.8 Å². The Hall–Kier alpha value is -1.33. The summed E-state index contributed by atoms with van der Waals surface area (Å²) in [5.41, 5.74) is 1.37. The zero-order valence-electron chi connectivity index (χ0n) is 11.7. The number of anilines is 1. The number of carbonyl (C=O) groups is 1. The normalized spacial score (nSPS) is 12.0. The summed E-state index contributed by atoms with van der Waals surface area (Å²) in [5.74, 6) is -0.674. The number of hydrogen-bond donors (Lipinski definition) is 1. The number of halogens is 2. The van der Waals surface area contributed by atoms with Crippen LogP contribution in [0.4, 0.5) is 10.1 Å². The largest absolute Gasteiger partial charge is 0.323 e. The van der Waals surface area contributed by atoms with Gasteiger partial charge in [0, 0.05) is 9.37 Å². The SMILES string of the molecule is Cc1ccc(SC(C)C(=O)Nc2ccc(Br)cc2F)cc1. The van der Waals surface area contributed by atoms with E-state index in [1.165, 1.54) is 23.4 Å². The van der Waals surface area contributed by atoms with Crippen molar-refractivity contribution in [2.24, 2.45) is 0 Å². The summed E-state index contributed by atoms with van der Waals surface area (Å²) in [6.45, 7) is 3.82. The molecule has 2 rings (SSSR count). The van der Waals surface area contributed by atoms with Crippen molar-refractivity contribution < 1.29 is 9.18 Å². The predicted molar refractivity (Wildman–Crippen MR) is 89.2 cm³/mol. The Labute approximate surface area is 136 Å². The van der Waals surface area contributed by atoms with Crippen LogP contribution in [0.5, 0.6) is 0 Å². The second-order valence-electron chi connectivity index (χ2n) is 4.69. The molecule has 0 aliphatic rings. The van der Waals surface area contributed by atoms with Gasteiger partial charge >= 0.3 is 0 Å². The van der Waals surface area contributed by atoms with Gasteiger partial charge in [0.15, 0.2) is 0 Å². The standard InChI is InChI=1S/C16H15BrFNOS/c1-10-3-6-13(7-4-10)21-11(2)16(20)19-15-8-5-12(17)9-14(15)18/h3-9,11H,1-2H3,(H,19,20). The van der Waals surface area contributed by atoms with E-state index in [9.17, 15) is 9.18 Å². The molecule has 110 valence electrons. The van der Waals surface area contributed by atoms with Gasteiger partial charge in [-0.25, -0.2) is 4.39 Å². The van der Waals surface area contributed by atoms with Crippen molar-refractivity contribution in [3.05, 3.63) is 58.3 Å². The van der Waals surface area contributed by atoms with Crippen molar-refractivity contribution in [1.29, 1.82) is 0 Å². The average molecular weight is 368 g/mol. The summed E-state index contributed by atoms with van der Waals surface area (Å²) in [4.78, 5) is 13.1. The molecule has 0 saturated heterocycles. The summed E-state index contributed by atoms with van der Waals surface area (Å²) in [6.07, 6.45) is 0. The molecular formula is C16H15BrFNOS. The third-order valence-electron chi connectivity index (χ3n) is 2.89. The van der Waals surface area contributed by atoms with Crippen molar-refractivity contribution in [2.45, 2.75) is 24.0 Å². The lowest BCUT2D eigenvalue weighted by molar-refractivity contribution is -0.115. The zero-order chi connectivity index (χ0) is 15.4. The molecule has 0 aliphatic carbocycles. The predicted octanol–water partition coefficient (Wildman–Crippen LogP) is 5.02. The molecule has 0 saturated carbocycles. The third kappa shape index (κ3) is 4.58. The summed E-state index contributed by atoms with van der Waals surface area (Å²) >= 11 is 4.63. The fourth-order valence-corrected chi connectivity index (χ4v) is 2.90. The summed E-state index contributed by atoms with van der Waals surface area (Å²) in [6, 6.07) is 12.5. The minimum atomic E-state index is -0.453. The van der Waals surface area contributed by atoms with Crippen LogP contribution in [0.2, 0.25) is 0 Å². The molecule has 0 heterocycles. The first kappa shape index (κ1) is 16.0. The second-order valence-corrected chi connectivity index (χ2v) is 7.02. The van der Waals surface area contributed by atoms with Crippen LogP contribution in [-0.4, -0.2) is 11.2 Å². The van der Waals surface area contributed by atoms with Gasteiger partial charge in [0.1, 0.15) is 5.82 Å². The molecule has 21 heavy (non-hydrogen) atoms. The van der Waals surface area contributed by atoms with E-state index in [1.54, 1.807) is 19.1 Å². The van der Waals surface area contributed by atoms with Gasteiger partial charge in [-0.3, -0.25) is 4.79 Å². The number of aryl methyl sites for hydroxylation is 1. The van der Waals surface area contributed by atoms with E-state index in [2.05, 4.69) is 21.2 Å². The van der Waals surface area contributed by atoms with Gasteiger partial charge in [-0.05, 0) is 44.2 Å². The Morgan fingerprint density at radius 2 is 1.90 bits per heavy atom. The maximum Gasteiger partial charge on any atom is 0.237 e. The Bertz CT molecular complexity index is 645. The van der Waals surface area contributed by atoms with E-state index >= 15 is 0 Å². The van der Waals surface area contributed by atoms with Crippen LogP contribution in [0.25, 0.3) is 0 Å². The number of thioether (sulfide) groups is 1. The Kier molecular flexibility index (Phi) is 5.42. The lowest BCUT2D eigenvalue weighted by Crippen LogP contribution is -2.22. The minimum absolute atomic E-state index is 0.194. The average Bonchev–Trinajstić information content (AvgIpc) is 2.44. The van der Waals surface area contributed by atoms with Crippen molar-refractivity contribution in [1.82, 2.24) is 0 Å². The number of benzene rings is 2. The third-order valence-corrected chi connectivity index (χ3v) is 4.50. The van der Waals surface area contributed by atoms with E-state index in [0.29, 0.717) is 4.47 Å². The summed E-state index contributed by atoms with van der Waals surface area (Å²) in [5, 5.41) is 2.30. The molecule has 0 aromatic heterocycles. The highest BCUT2D eigenvalue weighted by molar-refractivity contribution is 9.10. The van der Waals surface area contributed by atoms with Crippen molar-refractivity contribution in [3.63, 3.8) is 0 Å². The minimum Gasteiger partial charge on any atom is -0.323 e. The number of amides is 1. The Morgan fingerprint density at radius 1 is 1.24 bits per heavy atom. The van der Waals surface area contributed by atoms with Crippen LogP contribution in [0.3, 0.4) is 0 Å². The molecule has 2 nitrogen and oxygen atoms in total. The van der Waals surface area contributed by atoms with Gasteiger partial charge in [0.05, 0.1) is 10.9 Å². The molecule has 0 aliphatic heterocycles. The Balaban J connectivity index is 2.00. The molecule has 0 spiro atoms. The first-order valence-electron chi connectivity index (χ1n) is 6.45. The van der Waals surface area contributed by atoms with Gasteiger partial charge in [0.2, 0.25) is 5.91 Å². The monoisotopic (exact) mass is 367 g/mol. The topological polar surface area (TPSA) is 29.1 Å². The molecule has 1 amide bonds. The highest BCUT2D eigenvalue weighted by atomic mass is 79.9. The maximum absolute atomic E-state index is 13.7. The maximum atomic E-state index is 13.7. The number of hydrogen-bond acceptors (Lipinski definition) is 2. The Morgan fingerprint density at radius 3 is 2.52 bits per heavy atom. The quantitative estimate of drug-likeness (QED) is 0.769. The molecule has 5 heteroatoms. The lowest BCUT2D eigenvalue weighted by atomic mass is 10.2. The van der Waals surface area contributed by atoms with Crippen molar-refractivity contribution >= 4 is 39.3 Å². The van der Waals surface area contributed by atoms with E-state index in [1.807, 2.05) is 31.2 Å². The number of carbonyl (C=O) groups excluding carboxylic acids is 1. The van der Waals surface area contributed by atoms with Gasteiger partial charge < -0.3 is 5.32 Å². The number of nitrogens with one attached hydrogen (secondary N) is 1. The van der Waals surface area contributed by atoms with Gasteiger partial charge in [-0.15, -0.1) is 11.8 Å². The molecule has 2 aromatic rings. The molecular weight excluding hydrogens is 353 g/mol. The summed E-state index contributed by atoms with van der Waals surface area (Å²) < 4.78 is 14.3. The molecule has 1 atom stereocenters. The zero-order valence-corrected chi connectivity index (χ0v) is 14.1. The fraction of sp³-hybridized carbons (Fsp3) is 0.188. The molecule has 0 radical (unpaired) electrons. The molecule has 2 aromatic carbocycles. The van der Waals surface area contributed by atoms with Crippen LogP contribution in [0, 0.1) is 12.7 Å². The van der Waals surface area contributed by atoms with Crippen LogP contribution < -0.4 is 5.32 Å². The van der Waals surface area contributed by atoms with Gasteiger partial charge in [-0.2, -0.15) is 0 Å². The molecule has 0 fully saturated rings. The first-order chi connectivity index (χ1) is 9.95. The van der Waals surface area contributed by atoms with Gasteiger partial charge in [0.25, 0.3) is 0 Å². The highest BCUT2D eigenvalue weighted by Crippen LogP contribution is 2.25. The highest BCUT2D eigenvalue weighted by Gasteiger charge is 2.16. The van der Waals surface area contributed by atoms with E-state index < -0.39 is 5.82 Å². The van der Waals surface area contributed by atoms with E-state index in [4.69, 9.17) is 0 Å². The van der Waals surface area contributed by atoms with Gasteiger partial charge in [-0.1, -0.05) is 33.6 Å². The van der Waals surface area contributed by atoms with E-state index in [0.717, 1.165) is 4.90 Å². The lowest BCUT2D eigenvalue weighted by Gasteiger charge is -2.12. The first-order valence-corrected chi connectivity index (χ1v) is 8.12. The molecule has 1 N–H and O–H groups in total. The summed E-state index contributed by atoms with van der Waals surface area (Å²) in [7, 11) is 0. The van der Waals surface area contributed by atoms with Crippen LogP contribution in [0.15, 0.2) is 51.8 Å². The fourth-order valence-electron chi connectivity index (χ4n) is 1.70. The molecule has 1 unspecified atom stereocenters. The van der Waals surface area contributed by atoms with Crippen LogP contribution >= 0.6 is 27.7 Å². The second kappa shape index (κ2) is 7.09. The number of rotatable bonds is 4. The van der Waals surface area contributed by atoms with Crippen LogP contribution in [0.1, 0.15) is 12.5 Å². The van der Waals surface area contributed by atoms with Crippen molar-refractivity contribution in [3.8, 4) is 0 Å². The molecule has 0 bridgehead atoms. The van der Waals surface area contributed by atoms with Crippen LogP contribution in [-0.2, 0) is 4.79 Å². The van der Waals surface area contributed by atoms with Crippen molar-refractivity contribution in [2.75, 3.05) is 5.32 Å². The smallest absolute Gasteiger partial charge is 0.237 e.